The molecule has 1 aliphatic rings. The Bertz CT molecular complexity index is 631. The van der Waals surface area contributed by atoms with Gasteiger partial charge in [0.25, 0.3) is 0 Å². The van der Waals surface area contributed by atoms with Crippen LogP contribution in [0, 0.1) is 0 Å². The maximum atomic E-state index is 12.9. The summed E-state index contributed by atoms with van der Waals surface area (Å²) in [5.41, 5.74) is 5.28. The number of carbonyl (C=O) groups is 5. The molecule has 1 fully saturated rings. The summed E-state index contributed by atoms with van der Waals surface area (Å²) in [5, 5.41) is 23.2. The van der Waals surface area contributed by atoms with E-state index in [1.54, 1.807) is 0 Å². The molecule has 1 heterocycles. The first-order valence-electron chi connectivity index (χ1n) is 9.25. The van der Waals surface area contributed by atoms with E-state index in [-0.39, 0.29) is 25.9 Å². The fourth-order valence-corrected chi connectivity index (χ4v) is 3.51. The standard InChI is InChI=1S/C17H28N4O7S/c1-29-8-6-10(19-13(22)9-18)15(25)20-11(4-5-14(23)24)16(26)21-7-2-3-12(21)17(27)28/h10-12H,2-9,18H2,1H3,(H,19,22)(H,20,25)(H,23,24)(H,27,28). The molecule has 0 radical (unpaired) electrons. The Hall–Kier alpha value is -2.34. The van der Waals surface area contributed by atoms with Crippen LogP contribution in [0.3, 0.4) is 0 Å². The second kappa shape index (κ2) is 12.3. The maximum absolute atomic E-state index is 12.9. The number of nitrogens with one attached hydrogen (secondary N) is 2. The first kappa shape index (κ1) is 24.7. The quantitative estimate of drug-likeness (QED) is 0.248. The van der Waals surface area contributed by atoms with E-state index in [2.05, 4.69) is 10.6 Å². The number of carboxylic acid groups (broad SMARTS) is 2. The first-order valence-corrected chi connectivity index (χ1v) is 10.6. The summed E-state index contributed by atoms with van der Waals surface area (Å²) in [5.74, 6) is -3.56. The highest BCUT2D eigenvalue weighted by Gasteiger charge is 2.38. The van der Waals surface area contributed by atoms with Gasteiger partial charge in [0.05, 0.1) is 6.54 Å². The molecule has 3 unspecified atom stereocenters. The van der Waals surface area contributed by atoms with Crippen molar-refractivity contribution in [3.05, 3.63) is 0 Å². The van der Waals surface area contributed by atoms with Gasteiger partial charge in [0.15, 0.2) is 0 Å². The fourth-order valence-electron chi connectivity index (χ4n) is 3.04. The van der Waals surface area contributed by atoms with Crippen LogP contribution in [0.25, 0.3) is 0 Å². The summed E-state index contributed by atoms with van der Waals surface area (Å²) in [4.78, 5) is 60.6. The van der Waals surface area contributed by atoms with Gasteiger partial charge in [0.2, 0.25) is 17.7 Å². The summed E-state index contributed by atoms with van der Waals surface area (Å²) >= 11 is 1.46. The lowest BCUT2D eigenvalue weighted by Crippen LogP contribution is -2.56. The number of rotatable bonds is 12. The van der Waals surface area contributed by atoms with Gasteiger partial charge in [-0.25, -0.2) is 4.79 Å². The second-order valence-corrected chi connectivity index (χ2v) is 7.61. The Labute approximate surface area is 172 Å². The first-order chi connectivity index (χ1) is 13.7. The third-order valence-corrected chi connectivity index (χ3v) is 5.17. The van der Waals surface area contributed by atoms with Gasteiger partial charge in [-0.05, 0) is 37.7 Å². The van der Waals surface area contributed by atoms with Gasteiger partial charge < -0.3 is 31.5 Å². The lowest BCUT2D eigenvalue weighted by molar-refractivity contribution is -0.150. The molecule has 1 aliphatic heterocycles. The molecular weight excluding hydrogens is 404 g/mol. The van der Waals surface area contributed by atoms with E-state index in [0.29, 0.717) is 25.0 Å². The summed E-state index contributed by atoms with van der Waals surface area (Å²) < 4.78 is 0. The smallest absolute Gasteiger partial charge is 0.326 e. The lowest BCUT2D eigenvalue weighted by Gasteiger charge is -2.28. The van der Waals surface area contributed by atoms with Gasteiger partial charge in [-0.1, -0.05) is 0 Å². The summed E-state index contributed by atoms with van der Waals surface area (Å²) in [7, 11) is 0. The number of likely N-dealkylation sites (tertiary alicyclic amines) is 1. The molecule has 0 aromatic heterocycles. The van der Waals surface area contributed by atoms with Crippen molar-refractivity contribution in [2.24, 2.45) is 5.73 Å². The van der Waals surface area contributed by atoms with Crippen molar-refractivity contribution in [1.29, 1.82) is 0 Å². The van der Waals surface area contributed by atoms with Crippen LogP contribution in [-0.4, -0.2) is 88.0 Å². The van der Waals surface area contributed by atoms with Crippen molar-refractivity contribution >= 4 is 41.4 Å². The summed E-state index contributed by atoms with van der Waals surface area (Å²) in [6, 6.07) is -3.14. The molecule has 0 bridgehead atoms. The van der Waals surface area contributed by atoms with Gasteiger partial charge in [0, 0.05) is 13.0 Å². The predicted octanol–water partition coefficient (Wildman–Crippen LogP) is -1.39. The number of aliphatic carboxylic acids is 2. The molecule has 3 amide bonds. The predicted molar refractivity (Wildman–Crippen MR) is 105 cm³/mol. The van der Waals surface area contributed by atoms with Crippen molar-refractivity contribution in [3.8, 4) is 0 Å². The van der Waals surface area contributed by atoms with Gasteiger partial charge in [-0.3, -0.25) is 19.2 Å². The van der Waals surface area contributed by atoms with E-state index in [1.807, 2.05) is 6.26 Å². The third-order valence-electron chi connectivity index (χ3n) is 4.53. The zero-order chi connectivity index (χ0) is 22.0. The monoisotopic (exact) mass is 432 g/mol. The molecule has 0 saturated carbocycles. The van der Waals surface area contributed by atoms with E-state index in [9.17, 15) is 29.1 Å². The number of hydrogen-bond acceptors (Lipinski definition) is 7. The highest BCUT2D eigenvalue weighted by Crippen LogP contribution is 2.19. The maximum Gasteiger partial charge on any atom is 0.326 e. The Morgan fingerprint density at radius 1 is 1.14 bits per heavy atom. The van der Waals surface area contributed by atoms with E-state index in [0.717, 1.165) is 4.90 Å². The van der Waals surface area contributed by atoms with E-state index < -0.39 is 47.8 Å². The van der Waals surface area contributed by atoms with Crippen molar-refractivity contribution < 1.29 is 34.2 Å². The van der Waals surface area contributed by atoms with Crippen LogP contribution in [0.5, 0.6) is 0 Å². The fraction of sp³-hybridized carbons (Fsp3) is 0.706. The molecular formula is C17H28N4O7S. The van der Waals surface area contributed by atoms with Crippen LogP contribution in [0.15, 0.2) is 0 Å². The van der Waals surface area contributed by atoms with Crippen LogP contribution in [0.1, 0.15) is 32.1 Å². The van der Waals surface area contributed by atoms with Crippen molar-refractivity contribution in [2.45, 2.75) is 50.2 Å². The van der Waals surface area contributed by atoms with Crippen LogP contribution in [-0.2, 0) is 24.0 Å². The topological polar surface area (TPSA) is 179 Å². The lowest BCUT2D eigenvalue weighted by atomic mass is 10.1. The van der Waals surface area contributed by atoms with Gasteiger partial charge in [-0.15, -0.1) is 0 Å². The molecule has 6 N–H and O–H groups in total. The number of thioether (sulfide) groups is 1. The molecule has 0 aromatic rings. The van der Waals surface area contributed by atoms with Crippen molar-refractivity contribution in [2.75, 3.05) is 25.1 Å². The van der Waals surface area contributed by atoms with Crippen LogP contribution in [0.4, 0.5) is 0 Å². The van der Waals surface area contributed by atoms with Crippen molar-refractivity contribution in [1.82, 2.24) is 15.5 Å². The van der Waals surface area contributed by atoms with E-state index in [4.69, 9.17) is 10.8 Å². The molecule has 164 valence electrons. The van der Waals surface area contributed by atoms with Crippen LogP contribution >= 0.6 is 11.8 Å². The number of hydrogen-bond donors (Lipinski definition) is 5. The summed E-state index contributed by atoms with van der Waals surface area (Å²) in [6.07, 6.45) is 2.35. The normalized spacial score (nSPS) is 18.0. The average Bonchev–Trinajstić information content (AvgIpc) is 3.17. The highest BCUT2D eigenvalue weighted by atomic mass is 32.2. The average molecular weight is 432 g/mol. The third kappa shape index (κ3) is 7.89. The number of amides is 3. The number of carboxylic acids is 2. The number of carbonyl (C=O) groups excluding carboxylic acids is 3. The van der Waals surface area contributed by atoms with Gasteiger partial charge in [-0.2, -0.15) is 11.8 Å². The Morgan fingerprint density at radius 2 is 1.83 bits per heavy atom. The minimum atomic E-state index is -1.20. The zero-order valence-electron chi connectivity index (χ0n) is 16.3. The molecule has 1 saturated heterocycles. The number of nitrogens with two attached hydrogens (primary N) is 1. The minimum Gasteiger partial charge on any atom is -0.481 e. The molecule has 0 aliphatic carbocycles. The van der Waals surface area contributed by atoms with Crippen LogP contribution < -0.4 is 16.4 Å². The highest BCUT2D eigenvalue weighted by molar-refractivity contribution is 7.98. The molecule has 12 heteroatoms. The van der Waals surface area contributed by atoms with Gasteiger partial charge >= 0.3 is 11.9 Å². The summed E-state index contributed by atoms with van der Waals surface area (Å²) in [6.45, 7) is -0.0897. The molecule has 1 rings (SSSR count). The van der Waals surface area contributed by atoms with Crippen molar-refractivity contribution in [3.63, 3.8) is 0 Å². The van der Waals surface area contributed by atoms with Gasteiger partial charge in [0.1, 0.15) is 18.1 Å². The molecule has 11 nitrogen and oxygen atoms in total. The SMILES string of the molecule is CSCCC(NC(=O)CN)C(=O)NC(CCC(=O)O)C(=O)N1CCCC1C(=O)O. The molecule has 3 atom stereocenters. The number of nitrogens with zero attached hydrogens (tertiary/aromatic N) is 1. The minimum absolute atomic E-state index is 0.192. The van der Waals surface area contributed by atoms with Crippen LogP contribution in [0.2, 0.25) is 0 Å². The largest absolute Gasteiger partial charge is 0.481 e. The molecule has 0 aromatic carbocycles. The second-order valence-electron chi connectivity index (χ2n) is 6.63. The Balaban J connectivity index is 2.95. The Morgan fingerprint density at radius 3 is 2.38 bits per heavy atom. The zero-order valence-corrected chi connectivity index (χ0v) is 17.1. The van der Waals surface area contributed by atoms with E-state index >= 15 is 0 Å². The Kier molecular flexibility index (Phi) is 10.5. The van der Waals surface area contributed by atoms with E-state index in [1.165, 1.54) is 11.8 Å². The molecule has 0 spiro atoms. The molecule has 29 heavy (non-hydrogen) atoms.